The van der Waals surface area contributed by atoms with Crippen molar-refractivity contribution in [2.75, 3.05) is 5.32 Å². The van der Waals surface area contributed by atoms with Gasteiger partial charge in [-0.1, -0.05) is 0 Å². The number of anilines is 1. The lowest BCUT2D eigenvalue weighted by Gasteiger charge is -2.09. The van der Waals surface area contributed by atoms with Crippen molar-refractivity contribution in [1.82, 2.24) is 0 Å². The maximum absolute atomic E-state index is 12.8. The Morgan fingerprint density at radius 3 is 2.33 bits per heavy atom. The first-order chi connectivity index (χ1) is 8.74. The highest BCUT2D eigenvalue weighted by Crippen LogP contribution is 2.69. The molecule has 3 saturated carbocycles. The molecule has 2 bridgehead atoms. The lowest BCUT2D eigenvalue weighted by molar-refractivity contribution is -0.118. The minimum Gasteiger partial charge on any atom is -0.326 e. The van der Waals surface area contributed by atoms with Gasteiger partial charge in [0.05, 0.1) is 0 Å². The number of carbonyl (C=O) groups is 1. The van der Waals surface area contributed by atoms with E-state index in [2.05, 4.69) is 5.32 Å². The molecule has 3 aliphatic rings. The molecule has 0 spiro atoms. The Kier molecular flexibility index (Phi) is 2.08. The normalized spacial score (nSPS) is 39.5. The molecular formula is C15H16FNO. The fourth-order valence-corrected chi connectivity index (χ4v) is 4.43. The van der Waals surface area contributed by atoms with E-state index < -0.39 is 0 Å². The second-order valence-electron chi connectivity index (χ2n) is 6.01. The van der Waals surface area contributed by atoms with E-state index in [0.717, 1.165) is 11.8 Å². The molecule has 1 unspecified atom stereocenters. The van der Waals surface area contributed by atoms with Gasteiger partial charge in [-0.05, 0) is 67.2 Å². The number of rotatable bonds is 2. The quantitative estimate of drug-likeness (QED) is 0.852. The molecule has 1 aromatic rings. The van der Waals surface area contributed by atoms with E-state index in [1.807, 2.05) is 0 Å². The zero-order valence-electron chi connectivity index (χ0n) is 10.1. The summed E-state index contributed by atoms with van der Waals surface area (Å²) in [7, 11) is 0. The van der Waals surface area contributed by atoms with Crippen LogP contribution in [0.5, 0.6) is 0 Å². The van der Waals surface area contributed by atoms with Gasteiger partial charge in [0.25, 0.3) is 0 Å². The Hall–Kier alpha value is -1.38. The van der Waals surface area contributed by atoms with Crippen LogP contribution in [0.15, 0.2) is 24.3 Å². The third kappa shape index (κ3) is 1.43. The molecular weight excluding hydrogens is 229 g/mol. The van der Waals surface area contributed by atoms with Crippen LogP contribution in [0.2, 0.25) is 0 Å². The highest BCUT2D eigenvalue weighted by Gasteiger charge is 2.67. The summed E-state index contributed by atoms with van der Waals surface area (Å²) >= 11 is 0. The molecule has 4 rings (SSSR count). The molecule has 0 radical (unpaired) electrons. The molecule has 2 nitrogen and oxygen atoms in total. The van der Waals surface area contributed by atoms with Gasteiger partial charge in [0.1, 0.15) is 5.82 Å². The van der Waals surface area contributed by atoms with Crippen molar-refractivity contribution in [2.45, 2.75) is 19.3 Å². The topological polar surface area (TPSA) is 29.1 Å². The van der Waals surface area contributed by atoms with Crippen LogP contribution in [0.4, 0.5) is 10.1 Å². The number of benzene rings is 1. The third-order valence-corrected chi connectivity index (χ3v) is 5.15. The molecule has 18 heavy (non-hydrogen) atoms. The van der Waals surface area contributed by atoms with Gasteiger partial charge in [-0.2, -0.15) is 0 Å². The summed E-state index contributed by atoms with van der Waals surface area (Å²) in [4.78, 5) is 12.2. The summed E-state index contributed by atoms with van der Waals surface area (Å²) in [6.45, 7) is 0. The Bertz CT molecular complexity index is 482. The molecule has 1 aromatic carbocycles. The predicted molar refractivity (Wildman–Crippen MR) is 66.3 cm³/mol. The van der Waals surface area contributed by atoms with Crippen molar-refractivity contribution in [3.05, 3.63) is 30.1 Å². The van der Waals surface area contributed by atoms with Gasteiger partial charge in [0, 0.05) is 11.6 Å². The minimum atomic E-state index is -0.269. The average Bonchev–Trinajstić information content (AvgIpc) is 2.82. The van der Waals surface area contributed by atoms with E-state index in [1.54, 1.807) is 12.1 Å². The number of halogens is 1. The number of hydrogen-bond donors (Lipinski definition) is 1. The van der Waals surface area contributed by atoms with Crippen molar-refractivity contribution >= 4 is 11.6 Å². The second-order valence-corrected chi connectivity index (χ2v) is 6.01. The number of amides is 1. The zero-order chi connectivity index (χ0) is 12.3. The van der Waals surface area contributed by atoms with Gasteiger partial charge in [-0.15, -0.1) is 0 Å². The van der Waals surface area contributed by atoms with Gasteiger partial charge in [-0.25, -0.2) is 4.39 Å². The van der Waals surface area contributed by atoms with E-state index in [0.29, 0.717) is 17.5 Å². The fourth-order valence-electron chi connectivity index (χ4n) is 4.43. The fraction of sp³-hybridized carbons (Fsp3) is 0.533. The molecule has 3 fully saturated rings. The molecule has 0 heterocycles. The molecule has 0 aromatic heterocycles. The summed E-state index contributed by atoms with van der Waals surface area (Å²) in [6, 6.07) is 6.01. The van der Waals surface area contributed by atoms with Crippen molar-refractivity contribution in [1.29, 1.82) is 0 Å². The van der Waals surface area contributed by atoms with Gasteiger partial charge < -0.3 is 5.32 Å². The van der Waals surface area contributed by atoms with Crippen LogP contribution in [0.1, 0.15) is 19.3 Å². The molecule has 1 N–H and O–H groups in total. The Balaban J connectivity index is 1.45. The summed E-state index contributed by atoms with van der Waals surface area (Å²) in [5.41, 5.74) is 0.707. The first-order valence-corrected chi connectivity index (χ1v) is 6.80. The highest BCUT2D eigenvalue weighted by atomic mass is 19.1. The monoisotopic (exact) mass is 245 g/mol. The van der Waals surface area contributed by atoms with Crippen LogP contribution in [0.25, 0.3) is 0 Å². The van der Waals surface area contributed by atoms with Crippen molar-refractivity contribution in [3.8, 4) is 0 Å². The summed E-state index contributed by atoms with van der Waals surface area (Å²) < 4.78 is 12.8. The van der Waals surface area contributed by atoms with Crippen molar-refractivity contribution in [2.24, 2.45) is 29.6 Å². The minimum absolute atomic E-state index is 0.146. The van der Waals surface area contributed by atoms with Crippen molar-refractivity contribution < 1.29 is 9.18 Å². The number of carbonyl (C=O) groups excluding carboxylic acids is 1. The molecule has 1 amide bonds. The molecule has 3 heteroatoms. The van der Waals surface area contributed by atoms with Gasteiger partial charge in [0.15, 0.2) is 0 Å². The van der Waals surface area contributed by atoms with Crippen LogP contribution in [0.3, 0.4) is 0 Å². The molecule has 94 valence electrons. The predicted octanol–water partition coefficient (Wildman–Crippen LogP) is 3.06. The van der Waals surface area contributed by atoms with Crippen LogP contribution in [-0.2, 0) is 4.79 Å². The highest BCUT2D eigenvalue weighted by molar-refractivity contribution is 5.95. The van der Waals surface area contributed by atoms with E-state index >= 15 is 0 Å². The lowest BCUT2D eigenvalue weighted by Crippen LogP contribution is -2.18. The van der Waals surface area contributed by atoms with E-state index in [9.17, 15) is 9.18 Å². The van der Waals surface area contributed by atoms with Gasteiger partial charge in [-0.3, -0.25) is 4.79 Å². The second kappa shape index (κ2) is 3.56. The Morgan fingerprint density at radius 2 is 1.72 bits per heavy atom. The van der Waals surface area contributed by atoms with Gasteiger partial charge in [0.2, 0.25) is 5.91 Å². The Morgan fingerprint density at radius 1 is 1.11 bits per heavy atom. The SMILES string of the molecule is O=C(Nc1ccc(F)cc1)C1[C@@H]2[C@@H]3CC[C@H](C3)[C@H]12. The lowest BCUT2D eigenvalue weighted by atomic mass is 10.0. The molecule has 5 atom stereocenters. The molecule has 3 aliphatic carbocycles. The summed E-state index contributed by atoms with van der Waals surface area (Å²) in [6.07, 6.45) is 4.01. The maximum Gasteiger partial charge on any atom is 0.228 e. The Labute approximate surface area is 106 Å². The smallest absolute Gasteiger partial charge is 0.228 e. The van der Waals surface area contributed by atoms with E-state index in [1.165, 1.54) is 31.4 Å². The average molecular weight is 245 g/mol. The van der Waals surface area contributed by atoms with Crippen LogP contribution in [0, 0.1) is 35.4 Å². The first kappa shape index (κ1) is 10.5. The number of nitrogens with one attached hydrogen (secondary N) is 1. The third-order valence-electron chi connectivity index (χ3n) is 5.15. The van der Waals surface area contributed by atoms with E-state index in [4.69, 9.17) is 0 Å². The zero-order valence-corrected chi connectivity index (χ0v) is 10.1. The summed E-state index contributed by atoms with van der Waals surface area (Å²) in [5.74, 6) is 3.05. The molecule has 0 saturated heterocycles. The van der Waals surface area contributed by atoms with E-state index in [-0.39, 0.29) is 17.6 Å². The maximum atomic E-state index is 12.8. The number of hydrogen-bond acceptors (Lipinski definition) is 1. The standard InChI is InChI=1S/C15H16FNO/c16-10-3-5-11(6-4-10)17-15(18)14-12-8-1-2-9(7-8)13(12)14/h3-6,8-9,12-14H,1-2,7H2,(H,17,18)/t8-,9-,12-,13+,14?/m1/s1. The summed E-state index contributed by atoms with van der Waals surface area (Å²) in [5, 5.41) is 2.92. The van der Waals surface area contributed by atoms with Gasteiger partial charge >= 0.3 is 0 Å². The first-order valence-electron chi connectivity index (χ1n) is 6.80. The van der Waals surface area contributed by atoms with Crippen LogP contribution in [-0.4, -0.2) is 5.91 Å². The van der Waals surface area contributed by atoms with Crippen LogP contribution >= 0.6 is 0 Å². The molecule has 0 aliphatic heterocycles. The number of fused-ring (bicyclic) bond motifs is 5. The van der Waals surface area contributed by atoms with Crippen molar-refractivity contribution in [3.63, 3.8) is 0 Å². The largest absolute Gasteiger partial charge is 0.326 e. The van der Waals surface area contributed by atoms with Crippen LogP contribution < -0.4 is 5.32 Å².